The third-order valence-corrected chi connectivity index (χ3v) is 5.44. The number of carbonyl (C=O) groups excluding carboxylic acids is 2. The number of nitrogens with zero attached hydrogens (tertiary/aromatic N) is 1. The topological polar surface area (TPSA) is 85.3 Å². The molecule has 3 rings (SSSR count). The number of methoxy groups -OCH3 is 2. The molecule has 0 aliphatic carbocycles. The molecule has 0 saturated carbocycles. The molecule has 1 atom stereocenters. The van der Waals surface area contributed by atoms with Crippen LogP contribution in [0.4, 0.5) is 0 Å². The molecule has 1 amide bonds. The summed E-state index contributed by atoms with van der Waals surface area (Å²) in [7, 11) is 3.06. The SMILES string of the molecule is CCCN1C(=O)C(=O)/C(=C(\O)c2ccc(OCC(C)C)cc2)C1c1ccc(OC)c(OC)c1. The molecule has 2 aromatic rings. The molecule has 1 unspecified atom stereocenters. The molecule has 1 aliphatic rings. The lowest BCUT2D eigenvalue weighted by Gasteiger charge is -2.25. The third kappa shape index (κ3) is 4.97. The monoisotopic (exact) mass is 453 g/mol. The van der Waals surface area contributed by atoms with Gasteiger partial charge in [0.05, 0.1) is 32.4 Å². The zero-order valence-corrected chi connectivity index (χ0v) is 19.8. The Morgan fingerprint density at radius 1 is 1.03 bits per heavy atom. The fourth-order valence-electron chi connectivity index (χ4n) is 3.85. The van der Waals surface area contributed by atoms with Crippen molar-refractivity contribution < 1.29 is 28.9 Å². The summed E-state index contributed by atoms with van der Waals surface area (Å²) < 4.78 is 16.4. The van der Waals surface area contributed by atoms with Crippen molar-refractivity contribution in [2.75, 3.05) is 27.4 Å². The van der Waals surface area contributed by atoms with E-state index < -0.39 is 17.7 Å². The van der Waals surface area contributed by atoms with Crippen molar-refractivity contribution in [3.63, 3.8) is 0 Å². The zero-order valence-electron chi connectivity index (χ0n) is 19.8. The summed E-state index contributed by atoms with van der Waals surface area (Å²) in [6.45, 7) is 7.00. The second-order valence-electron chi connectivity index (χ2n) is 8.34. The molecule has 0 aromatic heterocycles. The molecule has 0 bridgehead atoms. The van der Waals surface area contributed by atoms with Crippen LogP contribution in [0, 0.1) is 5.92 Å². The molecule has 1 heterocycles. The average molecular weight is 454 g/mol. The number of rotatable bonds is 9. The van der Waals surface area contributed by atoms with Crippen LogP contribution < -0.4 is 14.2 Å². The molecule has 33 heavy (non-hydrogen) atoms. The molecule has 1 saturated heterocycles. The molecular weight excluding hydrogens is 422 g/mol. The molecule has 2 aromatic carbocycles. The molecule has 1 N–H and O–H groups in total. The van der Waals surface area contributed by atoms with Gasteiger partial charge in [0.25, 0.3) is 11.7 Å². The zero-order chi connectivity index (χ0) is 24.1. The van der Waals surface area contributed by atoms with Gasteiger partial charge in [-0.05, 0) is 54.3 Å². The summed E-state index contributed by atoms with van der Waals surface area (Å²) in [5, 5.41) is 11.1. The Morgan fingerprint density at radius 3 is 2.27 bits per heavy atom. The Labute approximate surface area is 194 Å². The highest BCUT2D eigenvalue weighted by molar-refractivity contribution is 6.46. The van der Waals surface area contributed by atoms with Gasteiger partial charge in [0, 0.05) is 12.1 Å². The van der Waals surface area contributed by atoms with Crippen molar-refractivity contribution in [1.29, 1.82) is 0 Å². The second kappa shape index (κ2) is 10.4. The number of amides is 1. The third-order valence-electron chi connectivity index (χ3n) is 5.44. The Balaban J connectivity index is 2.08. The van der Waals surface area contributed by atoms with Gasteiger partial charge >= 0.3 is 0 Å². The van der Waals surface area contributed by atoms with Gasteiger partial charge in [0.1, 0.15) is 11.5 Å². The van der Waals surface area contributed by atoms with Crippen LogP contribution in [0.25, 0.3) is 5.76 Å². The smallest absolute Gasteiger partial charge is 0.295 e. The molecule has 176 valence electrons. The maximum absolute atomic E-state index is 13.0. The molecule has 0 radical (unpaired) electrons. The number of Topliss-reactive ketones (excluding diaryl/α,β-unsaturated/α-hetero) is 1. The van der Waals surface area contributed by atoms with Crippen molar-refractivity contribution >= 4 is 17.4 Å². The normalized spacial score (nSPS) is 17.5. The van der Waals surface area contributed by atoms with Crippen LogP contribution in [0.1, 0.15) is 44.4 Å². The first-order chi connectivity index (χ1) is 15.8. The molecular formula is C26H31NO6. The minimum atomic E-state index is -0.735. The van der Waals surface area contributed by atoms with E-state index in [9.17, 15) is 14.7 Å². The van der Waals surface area contributed by atoms with Crippen molar-refractivity contribution in [2.45, 2.75) is 33.2 Å². The van der Waals surface area contributed by atoms with Gasteiger partial charge in [-0.1, -0.05) is 26.8 Å². The number of benzene rings is 2. The van der Waals surface area contributed by atoms with Crippen LogP contribution in [0.15, 0.2) is 48.0 Å². The minimum Gasteiger partial charge on any atom is -0.507 e. The van der Waals surface area contributed by atoms with Crippen LogP contribution in [-0.2, 0) is 9.59 Å². The number of aliphatic hydroxyl groups is 1. The predicted octanol–water partition coefficient (Wildman–Crippen LogP) is 4.57. The second-order valence-corrected chi connectivity index (χ2v) is 8.34. The number of hydrogen-bond donors (Lipinski definition) is 1. The quantitative estimate of drug-likeness (QED) is 0.340. The van der Waals surface area contributed by atoms with E-state index in [1.807, 2.05) is 6.92 Å². The maximum Gasteiger partial charge on any atom is 0.295 e. The summed E-state index contributed by atoms with van der Waals surface area (Å²) in [4.78, 5) is 27.4. The lowest BCUT2D eigenvalue weighted by Crippen LogP contribution is -2.30. The largest absolute Gasteiger partial charge is 0.507 e. The van der Waals surface area contributed by atoms with E-state index in [0.29, 0.717) is 53.9 Å². The fourth-order valence-corrected chi connectivity index (χ4v) is 3.85. The van der Waals surface area contributed by atoms with Crippen molar-refractivity contribution in [2.24, 2.45) is 5.92 Å². The summed E-state index contributed by atoms with van der Waals surface area (Å²) in [5.41, 5.74) is 1.14. The first-order valence-electron chi connectivity index (χ1n) is 11.1. The van der Waals surface area contributed by atoms with Crippen LogP contribution in [0.2, 0.25) is 0 Å². The highest BCUT2D eigenvalue weighted by atomic mass is 16.5. The van der Waals surface area contributed by atoms with Gasteiger partial charge < -0.3 is 24.2 Å². The van der Waals surface area contributed by atoms with Crippen LogP contribution in [0.5, 0.6) is 17.2 Å². The lowest BCUT2D eigenvalue weighted by molar-refractivity contribution is -0.139. The predicted molar refractivity (Wildman–Crippen MR) is 126 cm³/mol. The van der Waals surface area contributed by atoms with E-state index in [1.54, 1.807) is 42.5 Å². The van der Waals surface area contributed by atoms with Crippen LogP contribution in [0.3, 0.4) is 0 Å². The number of ketones is 1. The van der Waals surface area contributed by atoms with Gasteiger partial charge in [0.2, 0.25) is 0 Å². The molecule has 1 aliphatic heterocycles. The van der Waals surface area contributed by atoms with Crippen molar-refractivity contribution in [3.8, 4) is 17.2 Å². The lowest BCUT2D eigenvalue weighted by atomic mass is 9.95. The van der Waals surface area contributed by atoms with E-state index in [4.69, 9.17) is 14.2 Å². The van der Waals surface area contributed by atoms with Gasteiger partial charge in [0.15, 0.2) is 11.5 Å². The highest BCUT2D eigenvalue weighted by Gasteiger charge is 2.45. The van der Waals surface area contributed by atoms with E-state index >= 15 is 0 Å². The molecule has 7 heteroatoms. The number of carbonyl (C=O) groups is 2. The summed E-state index contributed by atoms with van der Waals surface area (Å²) in [5.74, 6) is 0.504. The van der Waals surface area contributed by atoms with E-state index in [1.165, 1.54) is 19.1 Å². The van der Waals surface area contributed by atoms with Crippen LogP contribution >= 0.6 is 0 Å². The van der Waals surface area contributed by atoms with Gasteiger partial charge in [-0.25, -0.2) is 0 Å². The number of aliphatic hydroxyl groups excluding tert-OH is 1. The first kappa shape index (κ1) is 24.2. The number of hydrogen-bond acceptors (Lipinski definition) is 6. The maximum atomic E-state index is 13.0. The molecule has 0 spiro atoms. The fraction of sp³-hybridized carbons (Fsp3) is 0.385. The Kier molecular flexibility index (Phi) is 7.63. The van der Waals surface area contributed by atoms with Crippen molar-refractivity contribution in [3.05, 3.63) is 59.2 Å². The molecule has 1 fully saturated rings. The number of ether oxygens (including phenoxy) is 3. The average Bonchev–Trinajstić information content (AvgIpc) is 3.07. The van der Waals surface area contributed by atoms with E-state index in [2.05, 4.69) is 13.8 Å². The Bertz CT molecular complexity index is 1040. The summed E-state index contributed by atoms with van der Waals surface area (Å²) in [6, 6.07) is 11.3. The van der Waals surface area contributed by atoms with E-state index in [0.717, 1.165) is 0 Å². The minimum absolute atomic E-state index is 0.0523. The summed E-state index contributed by atoms with van der Waals surface area (Å²) >= 11 is 0. The summed E-state index contributed by atoms with van der Waals surface area (Å²) in [6.07, 6.45) is 0.665. The highest BCUT2D eigenvalue weighted by Crippen LogP contribution is 2.42. The van der Waals surface area contributed by atoms with Crippen LogP contribution in [-0.4, -0.2) is 49.1 Å². The van der Waals surface area contributed by atoms with Gasteiger partial charge in [-0.15, -0.1) is 0 Å². The Morgan fingerprint density at radius 2 is 1.70 bits per heavy atom. The first-order valence-corrected chi connectivity index (χ1v) is 11.1. The van der Waals surface area contributed by atoms with E-state index in [-0.39, 0.29) is 11.3 Å². The van der Waals surface area contributed by atoms with Gasteiger partial charge in [-0.2, -0.15) is 0 Å². The molecule has 7 nitrogen and oxygen atoms in total. The number of likely N-dealkylation sites (tertiary alicyclic amines) is 1. The van der Waals surface area contributed by atoms with Gasteiger partial charge in [-0.3, -0.25) is 9.59 Å². The van der Waals surface area contributed by atoms with Crippen molar-refractivity contribution in [1.82, 2.24) is 4.90 Å². The Hall–Kier alpha value is -3.48. The standard InChI is InChI=1S/C26H31NO6/c1-6-13-27-23(18-9-12-20(31-4)21(14-18)32-5)22(25(29)26(27)30)24(28)17-7-10-19(11-8-17)33-15-16(2)3/h7-12,14,16,23,28H,6,13,15H2,1-5H3/b24-22-.